The third kappa shape index (κ3) is 4.80. The average Bonchev–Trinajstić information content (AvgIpc) is 3.46. The molecule has 2 amide bonds. The molecule has 0 spiro atoms. The van der Waals surface area contributed by atoms with Crippen LogP contribution in [-0.4, -0.2) is 62.3 Å². The van der Waals surface area contributed by atoms with Crippen LogP contribution in [0.5, 0.6) is 0 Å². The van der Waals surface area contributed by atoms with Crippen LogP contribution in [0.1, 0.15) is 54.5 Å². The van der Waals surface area contributed by atoms with Crippen LogP contribution in [0.25, 0.3) is 21.9 Å². The lowest BCUT2D eigenvalue weighted by molar-refractivity contribution is -0.126. The number of fused-ring (bicyclic) bond motifs is 3. The second kappa shape index (κ2) is 10.6. The molecule has 0 unspecified atom stereocenters. The Bertz CT molecular complexity index is 1550. The van der Waals surface area contributed by atoms with E-state index in [1.807, 2.05) is 22.9 Å². The minimum Gasteiger partial charge on any atom is -0.381 e. The van der Waals surface area contributed by atoms with Gasteiger partial charge >= 0.3 is 0 Å². The molecule has 202 valence electrons. The minimum absolute atomic E-state index is 0.117. The number of anilines is 1. The van der Waals surface area contributed by atoms with Gasteiger partial charge in [0.1, 0.15) is 5.82 Å². The number of amides is 2. The van der Waals surface area contributed by atoms with Gasteiger partial charge in [0.15, 0.2) is 0 Å². The fraction of sp³-hybridized carbons (Fsp3) is 0.379. The van der Waals surface area contributed by atoms with Gasteiger partial charge in [-0.3, -0.25) is 19.6 Å². The second-order valence-electron chi connectivity index (χ2n) is 10.2. The van der Waals surface area contributed by atoms with E-state index in [1.165, 1.54) is 24.3 Å². The van der Waals surface area contributed by atoms with Crippen molar-refractivity contribution in [3.8, 4) is 0 Å². The van der Waals surface area contributed by atoms with Crippen molar-refractivity contribution in [3.05, 3.63) is 66.6 Å². The third-order valence-electron chi connectivity index (χ3n) is 7.77. The zero-order valence-electron chi connectivity index (χ0n) is 21.7. The van der Waals surface area contributed by atoms with Crippen molar-refractivity contribution >= 4 is 39.7 Å². The van der Waals surface area contributed by atoms with E-state index in [2.05, 4.69) is 16.6 Å². The van der Waals surface area contributed by atoms with Crippen molar-refractivity contribution < 1.29 is 18.7 Å². The third-order valence-corrected chi connectivity index (χ3v) is 7.77. The summed E-state index contributed by atoms with van der Waals surface area (Å²) in [6, 6.07) is 9.66. The number of aromatic nitrogens is 4. The second-order valence-corrected chi connectivity index (χ2v) is 10.2. The number of hydrogen-bond donors (Lipinski definition) is 1. The first-order chi connectivity index (χ1) is 19.0. The lowest BCUT2D eigenvalue weighted by Gasteiger charge is -2.26. The predicted octanol–water partition coefficient (Wildman–Crippen LogP) is 4.87. The summed E-state index contributed by atoms with van der Waals surface area (Å²) in [5.74, 6) is -0.689. The highest BCUT2D eigenvalue weighted by Crippen LogP contribution is 2.36. The molecule has 2 aromatic carbocycles. The van der Waals surface area contributed by atoms with Crippen molar-refractivity contribution in [1.29, 1.82) is 0 Å². The Balaban J connectivity index is 1.48. The number of rotatable bonds is 5. The monoisotopic (exact) mass is 530 g/mol. The smallest absolute Gasteiger partial charge is 0.258 e. The van der Waals surface area contributed by atoms with Gasteiger partial charge in [0, 0.05) is 37.3 Å². The van der Waals surface area contributed by atoms with Gasteiger partial charge in [-0.05, 0) is 68.5 Å². The van der Waals surface area contributed by atoms with Crippen molar-refractivity contribution in [2.75, 3.05) is 31.6 Å². The van der Waals surface area contributed by atoms with Crippen molar-refractivity contribution in [3.63, 3.8) is 0 Å². The molecule has 6 rings (SSSR count). The summed E-state index contributed by atoms with van der Waals surface area (Å²) < 4.78 is 23.5. The molecule has 9 nitrogen and oxygen atoms in total. The molecule has 0 radical (unpaired) electrons. The van der Waals surface area contributed by atoms with E-state index in [0.29, 0.717) is 32.3 Å². The molecular weight excluding hydrogens is 499 g/mol. The lowest BCUT2D eigenvalue weighted by Crippen LogP contribution is -2.34. The maximum Gasteiger partial charge on any atom is 0.258 e. The molecule has 2 saturated heterocycles. The number of benzene rings is 2. The molecule has 4 heterocycles. The van der Waals surface area contributed by atoms with Crippen LogP contribution in [-0.2, 0) is 9.53 Å². The number of hydrogen-bond acceptors (Lipinski definition) is 5. The minimum atomic E-state index is -0.485. The van der Waals surface area contributed by atoms with Gasteiger partial charge in [-0.2, -0.15) is 5.10 Å². The molecule has 39 heavy (non-hydrogen) atoms. The molecule has 2 aliphatic rings. The first-order valence-corrected chi connectivity index (χ1v) is 13.5. The maximum atomic E-state index is 13.9. The topological polar surface area (TPSA) is 94.3 Å². The average molecular weight is 531 g/mol. The standard InChI is InChI=1S/C29H31FN6O3/c1-2-26(37)34-13-4-3-8-22(18-34)35-27-23-17-31-36(21-11-14-39-15-12-21)25(23)10-9-24(27)32-29(35)33-28(38)19-6-5-7-20(30)16-19/h2,5-7,9-10,16-17,21-22H,1,3-4,8,11-15,18H2,(H,32,33,38)/t22-/m1/s1. The molecule has 4 aromatic rings. The fourth-order valence-corrected chi connectivity index (χ4v) is 5.84. The Morgan fingerprint density at radius 2 is 1.95 bits per heavy atom. The predicted molar refractivity (Wildman–Crippen MR) is 146 cm³/mol. The molecule has 1 N–H and O–H groups in total. The molecule has 2 fully saturated rings. The van der Waals surface area contributed by atoms with Crippen LogP contribution < -0.4 is 5.32 Å². The summed E-state index contributed by atoms with van der Waals surface area (Å²) in [5.41, 5.74) is 2.77. The Hall–Kier alpha value is -4.05. The number of imidazole rings is 1. The molecule has 2 aliphatic heterocycles. The normalized spacial score (nSPS) is 18.8. The number of likely N-dealkylation sites (tertiary alicyclic amines) is 1. The zero-order chi connectivity index (χ0) is 26.9. The van der Waals surface area contributed by atoms with Crippen molar-refractivity contribution in [2.24, 2.45) is 0 Å². The van der Waals surface area contributed by atoms with Gasteiger partial charge in [0.05, 0.1) is 34.8 Å². The largest absolute Gasteiger partial charge is 0.381 e. The Morgan fingerprint density at radius 1 is 1.10 bits per heavy atom. The maximum absolute atomic E-state index is 13.9. The summed E-state index contributed by atoms with van der Waals surface area (Å²) in [6.07, 6.45) is 7.60. The SMILES string of the molecule is C=CC(=O)N1CCCC[C@@H](n2c(NC(=O)c3cccc(F)c3)nc3ccc4c(cnn4C4CCOCC4)c32)C1. The Morgan fingerprint density at radius 3 is 2.74 bits per heavy atom. The van der Waals surface area contributed by atoms with Crippen LogP contribution in [0.15, 0.2) is 55.3 Å². The zero-order valence-corrected chi connectivity index (χ0v) is 21.7. The Kier molecular flexibility index (Phi) is 6.86. The highest BCUT2D eigenvalue weighted by atomic mass is 19.1. The molecule has 0 bridgehead atoms. The van der Waals surface area contributed by atoms with E-state index >= 15 is 0 Å². The van der Waals surface area contributed by atoms with Crippen LogP contribution in [0.2, 0.25) is 0 Å². The van der Waals surface area contributed by atoms with E-state index in [4.69, 9.17) is 14.8 Å². The first-order valence-electron chi connectivity index (χ1n) is 13.5. The van der Waals surface area contributed by atoms with Gasteiger partial charge in [-0.1, -0.05) is 12.6 Å². The van der Waals surface area contributed by atoms with Gasteiger partial charge in [0.2, 0.25) is 11.9 Å². The molecule has 10 heteroatoms. The van der Waals surface area contributed by atoms with Crippen molar-refractivity contribution in [2.45, 2.75) is 44.2 Å². The lowest BCUT2D eigenvalue weighted by atomic mass is 10.1. The van der Waals surface area contributed by atoms with E-state index in [0.717, 1.165) is 54.0 Å². The summed E-state index contributed by atoms with van der Waals surface area (Å²) in [7, 11) is 0. The number of ether oxygens (including phenoxy) is 1. The van der Waals surface area contributed by atoms with Crippen LogP contribution in [0.3, 0.4) is 0 Å². The van der Waals surface area contributed by atoms with E-state index in [-0.39, 0.29) is 23.6 Å². The number of carbonyl (C=O) groups is 2. The molecular formula is C29H31FN6O3. The Labute approximate surface area is 225 Å². The van der Waals surface area contributed by atoms with Crippen LogP contribution >= 0.6 is 0 Å². The van der Waals surface area contributed by atoms with Gasteiger partial charge < -0.3 is 14.2 Å². The van der Waals surface area contributed by atoms with Crippen LogP contribution in [0.4, 0.5) is 10.3 Å². The highest BCUT2D eigenvalue weighted by Gasteiger charge is 2.28. The summed E-state index contributed by atoms with van der Waals surface area (Å²) >= 11 is 0. The first kappa shape index (κ1) is 25.2. The molecule has 1 atom stereocenters. The molecule has 2 aromatic heterocycles. The number of nitrogens with zero attached hydrogens (tertiary/aromatic N) is 5. The van der Waals surface area contributed by atoms with Gasteiger partial charge in [-0.25, -0.2) is 9.37 Å². The van der Waals surface area contributed by atoms with E-state index < -0.39 is 11.7 Å². The number of carbonyl (C=O) groups excluding carboxylic acids is 2. The quantitative estimate of drug-likeness (QED) is 0.372. The molecule has 0 saturated carbocycles. The number of nitrogens with one attached hydrogen (secondary N) is 1. The summed E-state index contributed by atoms with van der Waals surface area (Å²) in [4.78, 5) is 32.5. The van der Waals surface area contributed by atoms with Gasteiger partial charge in [0.25, 0.3) is 5.91 Å². The number of halogens is 1. The summed E-state index contributed by atoms with van der Waals surface area (Å²) in [6.45, 7) is 6.19. The molecule has 0 aliphatic carbocycles. The van der Waals surface area contributed by atoms with Crippen molar-refractivity contribution in [1.82, 2.24) is 24.2 Å². The van der Waals surface area contributed by atoms with E-state index in [1.54, 1.807) is 11.0 Å². The fourth-order valence-electron chi connectivity index (χ4n) is 5.84. The van der Waals surface area contributed by atoms with Gasteiger partial charge in [-0.15, -0.1) is 0 Å². The summed E-state index contributed by atoms with van der Waals surface area (Å²) in [5, 5.41) is 8.64. The van der Waals surface area contributed by atoms with Crippen LogP contribution in [0, 0.1) is 5.82 Å². The van der Waals surface area contributed by atoms with E-state index in [9.17, 15) is 14.0 Å². The highest BCUT2D eigenvalue weighted by molar-refractivity contribution is 6.07.